The molecule has 0 saturated heterocycles. The number of hydrogen-bond donors (Lipinski definition) is 2. The molecular formula is C12H13N5OS. The molecule has 0 amide bonds. The first-order valence-corrected chi connectivity index (χ1v) is 6.85. The van der Waals surface area contributed by atoms with Gasteiger partial charge in [-0.05, 0) is 25.0 Å². The molecule has 0 spiro atoms. The second kappa shape index (κ2) is 5.23. The first kappa shape index (κ1) is 11.9. The van der Waals surface area contributed by atoms with Crippen LogP contribution < -0.4 is 5.73 Å². The molecule has 0 aliphatic rings. The van der Waals surface area contributed by atoms with Crippen molar-refractivity contribution < 1.29 is 4.52 Å². The molecule has 0 unspecified atom stereocenters. The molecule has 6 nitrogen and oxygen atoms in total. The second-order valence-corrected chi connectivity index (χ2v) is 5.02. The van der Waals surface area contributed by atoms with Crippen molar-refractivity contribution in [1.29, 1.82) is 0 Å². The average Bonchev–Trinajstić information content (AvgIpc) is 3.09. The summed E-state index contributed by atoms with van der Waals surface area (Å²) in [6.45, 7) is 0. The molecule has 98 valence electrons. The fourth-order valence-corrected chi connectivity index (χ4v) is 2.39. The van der Waals surface area contributed by atoms with Crippen molar-refractivity contribution in [2.45, 2.75) is 19.3 Å². The predicted octanol–water partition coefficient (Wildman–Crippen LogP) is 2.28. The van der Waals surface area contributed by atoms with Crippen molar-refractivity contribution >= 4 is 16.5 Å². The number of nitrogens with two attached hydrogens (primary N) is 1. The summed E-state index contributed by atoms with van der Waals surface area (Å²) < 4.78 is 5.21. The van der Waals surface area contributed by atoms with Gasteiger partial charge < -0.3 is 15.2 Å². The predicted molar refractivity (Wildman–Crippen MR) is 72.6 cm³/mol. The minimum Gasteiger partial charge on any atom is -0.375 e. The Morgan fingerprint density at radius 3 is 3.00 bits per heavy atom. The van der Waals surface area contributed by atoms with Crippen LogP contribution in [0.4, 0.5) is 5.13 Å². The average molecular weight is 275 g/mol. The monoisotopic (exact) mass is 275 g/mol. The van der Waals surface area contributed by atoms with E-state index in [0.717, 1.165) is 30.7 Å². The minimum absolute atomic E-state index is 0.595. The van der Waals surface area contributed by atoms with Crippen LogP contribution >= 0.6 is 11.3 Å². The van der Waals surface area contributed by atoms with E-state index in [2.05, 4.69) is 20.1 Å². The van der Waals surface area contributed by atoms with E-state index in [9.17, 15) is 0 Å². The summed E-state index contributed by atoms with van der Waals surface area (Å²) in [7, 11) is 0. The van der Waals surface area contributed by atoms with Crippen molar-refractivity contribution in [3.8, 4) is 11.5 Å². The Labute approximate surface area is 113 Å². The highest BCUT2D eigenvalue weighted by Crippen LogP contribution is 2.15. The number of hydrogen-bond acceptors (Lipinski definition) is 6. The van der Waals surface area contributed by atoms with Crippen LogP contribution in [0.3, 0.4) is 0 Å². The van der Waals surface area contributed by atoms with Gasteiger partial charge in [-0.2, -0.15) is 4.98 Å². The van der Waals surface area contributed by atoms with Gasteiger partial charge in [0.1, 0.15) is 0 Å². The van der Waals surface area contributed by atoms with E-state index in [1.165, 1.54) is 11.3 Å². The lowest BCUT2D eigenvalue weighted by Crippen LogP contribution is -1.92. The topological polar surface area (TPSA) is 93.6 Å². The van der Waals surface area contributed by atoms with Crippen LogP contribution in [0.15, 0.2) is 28.2 Å². The molecule has 0 radical (unpaired) electrons. The molecule has 0 saturated carbocycles. The van der Waals surface area contributed by atoms with Crippen LogP contribution in [-0.4, -0.2) is 20.1 Å². The van der Waals surface area contributed by atoms with Crippen molar-refractivity contribution in [2.24, 2.45) is 0 Å². The summed E-state index contributed by atoms with van der Waals surface area (Å²) in [5.74, 6) is 1.24. The van der Waals surface area contributed by atoms with E-state index in [-0.39, 0.29) is 0 Å². The Balaban J connectivity index is 1.56. The van der Waals surface area contributed by atoms with E-state index in [4.69, 9.17) is 10.3 Å². The smallest absolute Gasteiger partial charge is 0.227 e. The van der Waals surface area contributed by atoms with Gasteiger partial charge in [0.15, 0.2) is 5.13 Å². The molecule has 0 aliphatic heterocycles. The SMILES string of the molecule is Nc1nc(CCCc2nc(-c3ccc[nH]3)no2)cs1. The van der Waals surface area contributed by atoms with Crippen LogP contribution in [0.5, 0.6) is 0 Å². The summed E-state index contributed by atoms with van der Waals surface area (Å²) in [5.41, 5.74) is 7.47. The van der Waals surface area contributed by atoms with Gasteiger partial charge in [0, 0.05) is 18.0 Å². The molecule has 0 bridgehead atoms. The lowest BCUT2D eigenvalue weighted by Gasteiger charge is -1.93. The van der Waals surface area contributed by atoms with Gasteiger partial charge in [0.25, 0.3) is 0 Å². The molecule has 3 aromatic rings. The molecule has 3 rings (SSSR count). The van der Waals surface area contributed by atoms with Crippen LogP contribution in [0, 0.1) is 0 Å². The molecule has 0 aromatic carbocycles. The fourth-order valence-electron chi connectivity index (χ4n) is 1.79. The van der Waals surface area contributed by atoms with Gasteiger partial charge in [-0.15, -0.1) is 11.3 Å². The summed E-state index contributed by atoms with van der Waals surface area (Å²) in [6, 6.07) is 3.81. The maximum Gasteiger partial charge on any atom is 0.227 e. The Bertz CT molecular complexity index is 643. The Hall–Kier alpha value is -2.15. The zero-order valence-electron chi connectivity index (χ0n) is 10.2. The quantitative estimate of drug-likeness (QED) is 0.745. The van der Waals surface area contributed by atoms with E-state index < -0.39 is 0 Å². The molecule has 0 aliphatic carbocycles. The highest BCUT2D eigenvalue weighted by atomic mass is 32.1. The van der Waals surface area contributed by atoms with E-state index >= 15 is 0 Å². The highest BCUT2D eigenvalue weighted by molar-refractivity contribution is 7.13. The Morgan fingerprint density at radius 1 is 1.32 bits per heavy atom. The maximum absolute atomic E-state index is 5.58. The van der Waals surface area contributed by atoms with Gasteiger partial charge in [-0.3, -0.25) is 0 Å². The summed E-state index contributed by atoms with van der Waals surface area (Å²) in [5, 5.41) is 6.53. The van der Waals surface area contributed by atoms with Crippen LogP contribution in [-0.2, 0) is 12.8 Å². The molecular weight excluding hydrogens is 262 g/mol. The molecule has 0 fully saturated rings. The first-order valence-electron chi connectivity index (χ1n) is 5.97. The largest absolute Gasteiger partial charge is 0.375 e. The van der Waals surface area contributed by atoms with Crippen molar-refractivity contribution in [1.82, 2.24) is 20.1 Å². The molecule has 3 N–H and O–H groups in total. The van der Waals surface area contributed by atoms with Gasteiger partial charge >= 0.3 is 0 Å². The number of aromatic nitrogens is 4. The number of aryl methyl sites for hydroxylation is 2. The highest BCUT2D eigenvalue weighted by Gasteiger charge is 2.09. The normalized spacial score (nSPS) is 10.9. The zero-order valence-corrected chi connectivity index (χ0v) is 11.0. The molecule has 19 heavy (non-hydrogen) atoms. The summed E-state index contributed by atoms with van der Waals surface area (Å²) in [4.78, 5) is 11.6. The minimum atomic E-state index is 0.595. The Morgan fingerprint density at radius 2 is 2.26 bits per heavy atom. The number of thiazole rings is 1. The fraction of sp³-hybridized carbons (Fsp3) is 0.250. The number of rotatable bonds is 5. The lowest BCUT2D eigenvalue weighted by molar-refractivity contribution is 0.376. The third-order valence-corrected chi connectivity index (χ3v) is 3.42. The molecule has 0 atom stereocenters. The maximum atomic E-state index is 5.58. The first-order chi connectivity index (χ1) is 9.31. The van der Waals surface area contributed by atoms with Crippen LogP contribution in [0.2, 0.25) is 0 Å². The number of nitrogens with zero attached hydrogens (tertiary/aromatic N) is 3. The third-order valence-electron chi connectivity index (χ3n) is 2.70. The Kier molecular flexibility index (Phi) is 3.28. The number of anilines is 1. The second-order valence-electron chi connectivity index (χ2n) is 4.13. The standard InChI is InChI=1S/C12H13N5OS/c13-12-15-8(7-19-12)3-1-5-10-16-11(17-18-10)9-4-2-6-14-9/h2,4,6-7,14H,1,3,5H2,(H2,13,15). The van der Waals surface area contributed by atoms with Gasteiger partial charge in [-0.25, -0.2) is 4.98 Å². The van der Waals surface area contributed by atoms with Crippen molar-refractivity contribution in [2.75, 3.05) is 5.73 Å². The van der Waals surface area contributed by atoms with Crippen molar-refractivity contribution in [3.05, 3.63) is 35.3 Å². The van der Waals surface area contributed by atoms with E-state index in [1.807, 2.05) is 23.7 Å². The molecule has 7 heteroatoms. The number of aromatic amines is 1. The molecule has 3 heterocycles. The van der Waals surface area contributed by atoms with Gasteiger partial charge in [0.2, 0.25) is 11.7 Å². The van der Waals surface area contributed by atoms with Crippen molar-refractivity contribution in [3.63, 3.8) is 0 Å². The van der Waals surface area contributed by atoms with E-state index in [1.54, 1.807) is 0 Å². The number of H-pyrrole nitrogens is 1. The number of nitrogens with one attached hydrogen (secondary N) is 1. The third kappa shape index (κ3) is 2.82. The molecule has 3 aromatic heterocycles. The van der Waals surface area contributed by atoms with E-state index in [0.29, 0.717) is 16.8 Å². The lowest BCUT2D eigenvalue weighted by atomic mass is 10.2. The zero-order chi connectivity index (χ0) is 13.1. The van der Waals surface area contributed by atoms with Gasteiger partial charge in [0.05, 0.1) is 11.4 Å². The summed E-state index contributed by atoms with van der Waals surface area (Å²) >= 11 is 1.46. The van der Waals surface area contributed by atoms with Crippen LogP contribution in [0.1, 0.15) is 18.0 Å². The summed E-state index contributed by atoms with van der Waals surface area (Å²) in [6.07, 6.45) is 4.35. The number of nitrogen functional groups attached to an aromatic ring is 1. The van der Waals surface area contributed by atoms with Crippen LogP contribution in [0.25, 0.3) is 11.5 Å². The van der Waals surface area contributed by atoms with Gasteiger partial charge in [-0.1, -0.05) is 5.16 Å².